The van der Waals surface area contributed by atoms with Crippen molar-refractivity contribution in [3.05, 3.63) is 0 Å². The van der Waals surface area contributed by atoms with E-state index < -0.39 is 0 Å². The summed E-state index contributed by atoms with van der Waals surface area (Å²) in [6.45, 7) is 14.9. The Morgan fingerprint density at radius 1 is 1.29 bits per heavy atom. The molecule has 21 heavy (non-hydrogen) atoms. The lowest BCUT2D eigenvalue weighted by atomic mass is 9.86. The molecule has 2 fully saturated rings. The summed E-state index contributed by atoms with van der Waals surface area (Å²) in [6.07, 6.45) is 6.80. The molecule has 2 aliphatic rings. The van der Waals surface area contributed by atoms with Gasteiger partial charge in [0.2, 0.25) is 0 Å². The maximum absolute atomic E-state index is 5.77. The lowest BCUT2D eigenvalue weighted by Gasteiger charge is -2.34. The van der Waals surface area contributed by atoms with Gasteiger partial charge in [0.05, 0.1) is 6.61 Å². The van der Waals surface area contributed by atoms with Gasteiger partial charge in [0.1, 0.15) is 0 Å². The van der Waals surface area contributed by atoms with Crippen molar-refractivity contribution >= 4 is 0 Å². The summed E-state index contributed by atoms with van der Waals surface area (Å²) < 4.78 is 5.77. The van der Waals surface area contributed by atoms with Gasteiger partial charge in [-0.2, -0.15) is 0 Å². The molecule has 1 N–H and O–H groups in total. The van der Waals surface area contributed by atoms with Gasteiger partial charge in [0.15, 0.2) is 0 Å². The lowest BCUT2D eigenvalue weighted by molar-refractivity contribution is 0.108. The summed E-state index contributed by atoms with van der Waals surface area (Å²) in [6, 6.07) is 0. The van der Waals surface area contributed by atoms with Crippen molar-refractivity contribution in [2.24, 2.45) is 17.3 Å². The first kappa shape index (κ1) is 17.2. The molecule has 0 aromatic heterocycles. The van der Waals surface area contributed by atoms with Crippen LogP contribution in [0.4, 0.5) is 0 Å². The highest BCUT2D eigenvalue weighted by Crippen LogP contribution is 2.31. The van der Waals surface area contributed by atoms with E-state index in [0.29, 0.717) is 5.41 Å². The van der Waals surface area contributed by atoms with Crippen LogP contribution >= 0.6 is 0 Å². The van der Waals surface area contributed by atoms with Gasteiger partial charge < -0.3 is 15.0 Å². The van der Waals surface area contributed by atoms with E-state index in [4.69, 9.17) is 4.74 Å². The lowest BCUT2D eigenvalue weighted by Crippen LogP contribution is -2.45. The Kier molecular flexibility index (Phi) is 6.97. The summed E-state index contributed by atoms with van der Waals surface area (Å²) in [7, 11) is 0. The molecule has 0 spiro atoms. The van der Waals surface area contributed by atoms with E-state index in [0.717, 1.165) is 38.1 Å². The van der Waals surface area contributed by atoms with Gasteiger partial charge in [-0.05, 0) is 57.2 Å². The summed E-state index contributed by atoms with van der Waals surface area (Å²) in [5.74, 6) is 1.69. The van der Waals surface area contributed by atoms with Crippen LogP contribution in [0.3, 0.4) is 0 Å². The number of rotatable bonds is 7. The molecule has 2 unspecified atom stereocenters. The van der Waals surface area contributed by atoms with Crippen LogP contribution in [0, 0.1) is 17.3 Å². The van der Waals surface area contributed by atoms with Gasteiger partial charge in [0.25, 0.3) is 0 Å². The number of nitrogens with zero attached hydrogens (tertiary/aromatic N) is 1. The average molecular weight is 296 g/mol. The minimum absolute atomic E-state index is 0.362. The van der Waals surface area contributed by atoms with Gasteiger partial charge in [-0.3, -0.25) is 0 Å². The van der Waals surface area contributed by atoms with Crippen molar-refractivity contribution in [2.45, 2.75) is 52.9 Å². The Labute approximate surface area is 131 Å². The predicted octanol–water partition coefficient (Wildman–Crippen LogP) is 3.15. The molecule has 2 aliphatic heterocycles. The molecule has 2 saturated heterocycles. The molecule has 0 aromatic carbocycles. The fraction of sp³-hybridized carbons (Fsp3) is 1.00. The molecule has 3 nitrogen and oxygen atoms in total. The highest BCUT2D eigenvalue weighted by Gasteiger charge is 2.36. The quantitative estimate of drug-likeness (QED) is 0.781. The molecule has 124 valence electrons. The van der Waals surface area contributed by atoms with Crippen molar-refractivity contribution in [1.29, 1.82) is 0 Å². The minimum Gasteiger partial charge on any atom is -0.381 e. The molecule has 0 aliphatic carbocycles. The van der Waals surface area contributed by atoms with Gasteiger partial charge in [-0.25, -0.2) is 0 Å². The Morgan fingerprint density at radius 3 is 2.81 bits per heavy atom. The normalized spacial score (nSPS) is 31.7. The van der Waals surface area contributed by atoms with Crippen LogP contribution in [0.1, 0.15) is 52.9 Å². The fourth-order valence-corrected chi connectivity index (χ4v) is 3.86. The van der Waals surface area contributed by atoms with Crippen LogP contribution in [0.25, 0.3) is 0 Å². The third-order valence-corrected chi connectivity index (χ3v) is 5.31. The maximum atomic E-state index is 5.77. The number of hydrogen-bond acceptors (Lipinski definition) is 3. The smallest absolute Gasteiger partial charge is 0.0547 e. The van der Waals surface area contributed by atoms with Crippen molar-refractivity contribution in [1.82, 2.24) is 10.2 Å². The van der Waals surface area contributed by atoms with Gasteiger partial charge in [-0.1, -0.05) is 27.2 Å². The number of likely N-dealkylation sites (tertiary alicyclic amines) is 1. The number of ether oxygens (including phenoxy) is 1. The molecule has 0 radical (unpaired) electrons. The maximum Gasteiger partial charge on any atom is 0.0547 e. The highest BCUT2D eigenvalue weighted by atomic mass is 16.5. The second kappa shape index (κ2) is 8.50. The highest BCUT2D eigenvalue weighted by molar-refractivity contribution is 4.89. The summed E-state index contributed by atoms with van der Waals surface area (Å²) >= 11 is 0. The fourth-order valence-electron chi connectivity index (χ4n) is 3.86. The van der Waals surface area contributed by atoms with Crippen LogP contribution in [0.15, 0.2) is 0 Å². The monoisotopic (exact) mass is 296 g/mol. The number of hydrogen-bond donors (Lipinski definition) is 1. The van der Waals surface area contributed by atoms with Crippen molar-refractivity contribution in [3.8, 4) is 0 Å². The topological polar surface area (TPSA) is 24.5 Å². The molecule has 0 saturated carbocycles. The average Bonchev–Trinajstić information content (AvgIpc) is 2.78. The standard InChI is InChI=1S/C18H36N2O/c1-4-17-6-5-9-20(10-7-17)14-18(8-11-21-15-18)13-19-12-16(2)3/h16-17,19H,4-15H2,1-3H3. The summed E-state index contributed by atoms with van der Waals surface area (Å²) in [5, 5.41) is 3.69. The van der Waals surface area contributed by atoms with Crippen LogP contribution in [-0.4, -0.2) is 50.8 Å². The molecular formula is C18H36N2O. The molecule has 2 heterocycles. The van der Waals surface area contributed by atoms with Crippen LogP contribution in [0.5, 0.6) is 0 Å². The summed E-state index contributed by atoms with van der Waals surface area (Å²) in [5.41, 5.74) is 0.362. The molecule has 0 aromatic rings. The molecule has 2 rings (SSSR count). The van der Waals surface area contributed by atoms with E-state index in [2.05, 4.69) is 31.0 Å². The Hall–Kier alpha value is -0.120. The minimum atomic E-state index is 0.362. The Bertz CT molecular complexity index is 287. The zero-order chi connectivity index (χ0) is 15.1. The van der Waals surface area contributed by atoms with Crippen LogP contribution < -0.4 is 5.32 Å². The van der Waals surface area contributed by atoms with Crippen molar-refractivity contribution in [2.75, 3.05) is 45.9 Å². The molecule has 2 atom stereocenters. The van der Waals surface area contributed by atoms with E-state index in [1.165, 1.54) is 51.7 Å². The van der Waals surface area contributed by atoms with E-state index >= 15 is 0 Å². The predicted molar refractivity (Wildman–Crippen MR) is 89.6 cm³/mol. The Morgan fingerprint density at radius 2 is 2.14 bits per heavy atom. The first-order valence-corrected chi connectivity index (χ1v) is 9.14. The van der Waals surface area contributed by atoms with Crippen LogP contribution in [0.2, 0.25) is 0 Å². The van der Waals surface area contributed by atoms with E-state index in [9.17, 15) is 0 Å². The zero-order valence-corrected chi connectivity index (χ0v) is 14.5. The molecular weight excluding hydrogens is 260 g/mol. The first-order chi connectivity index (χ1) is 10.1. The SMILES string of the molecule is CCC1CCCN(CC2(CNCC(C)C)CCOC2)CC1. The van der Waals surface area contributed by atoms with E-state index in [1.807, 2.05) is 0 Å². The first-order valence-electron chi connectivity index (χ1n) is 9.14. The van der Waals surface area contributed by atoms with E-state index in [1.54, 1.807) is 0 Å². The summed E-state index contributed by atoms with van der Waals surface area (Å²) in [4.78, 5) is 2.72. The third-order valence-electron chi connectivity index (χ3n) is 5.31. The van der Waals surface area contributed by atoms with Crippen molar-refractivity contribution in [3.63, 3.8) is 0 Å². The largest absolute Gasteiger partial charge is 0.381 e. The van der Waals surface area contributed by atoms with Crippen LogP contribution in [-0.2, 0) is 4.74 Å². The second-order valence-electron chi connectivity index (χ2n) is 7.81. The third kappa shape index (κ3) is 5.54. The molecule has 3 heteroatoms. The Balaban J connectivity index is 1.84. The molecule has 0 bridgehead atoms. The van der Waals surface area contributed by atoms with Gasteiger partial charge >= 0.3 is 0 Å². The van der Waals surface area contributed by atoms with Gasteiger partial charge in [-0.15, -0.1) is 0 Å². The number of nitrogens with one attached hydrogen (secondary N) is 1. The van der Waals surface area contributed by atoms with Gasteiger partial charge in [0, 0.05) is 25.1 Å². The van der Waals surface area contributed by atoms with Crippen molar-refractivity contribution < 1.29 is 4.74 Å². The molecule has 0 amide bonds. The van der Waals surface area contributed by atoms with E-state index in [-0.39, 0.29) is 0 Å². The second-order valence-corrected chi connectivity index (χ2v) is 7.81. The zero-order valence-electron chi connectivity index (χ0n) is 14.5.